The topological polar surface area (TPSA) is 44.9 Å². The van der Waals surface area contributed by atoms with Crippen molar-refractivity contribution in [1.82, 2.24) is 19.3 Å². The van der Waals surface area contributed by atoms with Crippen LogP contribution in [0.25, 0.3) is 44.4 Å². The molecule has 0 aliphatic heterocycles. The van der Waals surface area contributed by atoms with Gasteiger partial charge in [-0.2, -0.15) is 17.2 Å². The van der Waals surface area contributed by atoms with Crippen LogP contribution in [-0.4, -0.2) is 19.3 Å². The van der Waals surface area contributed by atoms with Gasteiger partial charge in [-0.25, -0.2) is 4.98 Å². The summed E-state index contributed by atoms with van der Waals surface area (Å²) in [5.41, 5.74) is 12.1. The molecule has 0 spiro atoms. The van der Waals surface area contributed by atoms with Crippen LogP contribution >= 0.6 is 0 Å². The van der Waals surface area contributed by atoms with E-state index in [1.54, 1.807) is 0 Å². The van der Waals surface area contributed by atoms with Gasteiger partial charge in [0.2, 0.25) is 0 Å². The number of aryl methyl sites for hydroxylation is 1. The van der Waals surface area contributed by atoms with Crippen molar-refractivity contribution in [3.63, 3.8) is 0 Å². The molecular weight excluding hydrogens is 808 g/mol. The predicted octanol–water partition coefficient (Wildman–Crippen LogP) is 11.4. The molecule has 7 aromatic rings. The fourth-order valence-electron chi connectivity index (χ4n) is 7.34. The number of hydrogen-bond donors (Lipinski definition) is 0. The second-order valence-corrected chi connectivity index (χ2v) is 15.3. The van der Waals surface area contributed by atoms with Crippen molar-refractivity contribution in [1.29, 1.82) is 0 Å². The van der Waals surface area contributed by atoms with Gasteiger partial charge in [-0.15, -0.1) is 35.7 Å². The molecule has 7 rings (SSSR count). The monoisotopic (exact) mass is 853 g/mol. The van der Waals surface area contributed by atoms with Crippen LogP contribution in [-0.2, 0) is 44.7 Å². The van der Waals surface area contributed by atoms with Gasteiger partial charge in [-0.3, -0.25) is 4.68 Å². The Balaban J connectivity index is 0.00000448. The van der Waals surface area contributed by atoms with Crippen molar-refractivity contribution >= 4 is 21.8 Å². The van der Waals surface area contributed by atoms with E-state index in [4.69, 9.17) is 14.8 Å². The first-order valence-corrected chi connectivity index (χ1v) is 17.7. The summed E-state index contributed by atoms with van der Waals surface area (Å²) in [6.07, 6.45) is 7.92. The zero-order valence-electron chi connectivity index (χ0n) is 31.1. The summed E-state index contributed by atoms with van der Waals surface area (Å²) in [5.74, 6) is 2.06. The van der Waals surface area contributed by atoms with E-state index < -0.39 is 0 Å². The molecule has 0 atom stereocenters. The van der Waals surface area contributed by atoms with Gasteiger partial charge in [0.05, 0.1) is 6.20 Å². The van der Waals surface area contributed by atoms with Gasteiger partial charge in [-0.05, 0) is 93.2 Å². The molecule has 262 valence electrons. The quantitative estimate of drug-likeness (QED) is 0.150. The first-order chi connectivity index (χ1) is 23.9. The van der Waals surface area contributed by atoms with Crippen LogP contribution in [0.1, 0.15) is 83.2 Å². The Labute approximate surface area is 317 Å². The summed E-state index contributed by atoms with van der Waals surface area (Å²) >= 11 is 0. The molecule has 3 aromatic heterocycles. The van der Waals surface area contributed by atoms with Crippen LogP contribution in [0.15, 0.2) is 91.4 Å². The fourth-order valence-corrected chi connectivity index (χ4v) is 7.34. The van der Waals surface area contributed by atoms with Crippen LogP contribution in [0.4, 0.5) is 0 Å². The molecule has 0 unspecified atom stereocenters. The standard InChI is InChI=1S/C45H46N4O.Pt/c1-10-34-38(44(4,5)6)26-39(45(7,8)9)35(11-2)43(34)30-27-47-48(28-30)31-15-14-16-32(24-31)50-33-19-20-37-36-17-12-13-18-40(36)49(41(37)25-33)42-23-29(3)21-22-46-42;/h12-23,26-28H,10-11H2,1-9H3;/q-2;+2. The van der Waals surface area contributed by atoms with Gasteiger partial charge in [0.25, 0.3) is 0 Å². The largest absolute Gasteiger partial charge is 2.00 e. The Morgan fingerprint density at radius 2 is 1.43 bits per heavy atom. The Morgan fingerprint density at radius 1 is 0.745 bits per heavy atom. The summed E-state index contributed by atoms with van der Waals surface area (Å²) in [6, 6.07) is 32.0. The average Bonchev–Trinajstić information content (AvgIpc) is 3.70. The minimum Gasteiger partial charge on any atom is -0.509 e. The van der Waals surface area contributed by atoms with Gasteiger partial charge in [-0.1, -0.05) is 85.2 Å². The van der Waals surface area contributed by atoms with Crippen molar-refractivity contribution in [2.45, 2.75) is 86.0 Å². The number of rotatable bonds is 7. The Hall–Kier alpha value is -4.47. The Kier molecular flexibility index (Phi) is 9.91. The summed E-state index contributed by atoms with van der Waals surface area (Å²) in [6.45, 7) is 20.6. The second kappa shape index (κ2) is 13.9. The van der Waals surface area contributed by atoms with Gasteiger partial charge in [0.1, 0.15) is 5.82 Å². The summed E-state index contributed by atoms with van der Waals surface area (Å²) in [5, 5.41) is 7.12. The minimum absolute atomic E-state index is 0. The molecule has 51 heavy (non-hydrogen) atoms. The first kappa shape index (κ1) is 36.3. The number of fused-ring (bicyclic) bond motifs is 3. The maximum absolute atomic E-state index is 6.44. The SMILES string of the molecule is CCc1c(C(C)(C)C)cc(C(C)(C)C)c(CC)c1-c1cnn(-c2[c-]c(Oc3[c-]c4c(cc3)c3ccccc3n4-c3cc(C)ccn3)ccc2)c1.[Pt+2]. The number of hydrogen-bond acceptors (Lipinski definition) is 3. The normalized spacial score (nSPS) is 12.0. The van der Waals surface area contributed by atoms with E-state index in [-0.39, 0.29) is 31.9 Å². The molecule has 5 nitrogen and oxygen atoms in total. The zero-order valence-corrected chi connectivity index (χ0v) is 33.4. The van der Waals surface area contributed by atoms with Crippen LogP contribution < -0.4 is 4.74 Å². The van der Waals surface area contributed by atoms with Crippen molar-refractivity contribution in [2.75, 3.05) is 0 Å². The van der Waals surface area contributed by atoms with Crippen molar-refractivity contribution in [2.24, 2.45) is 0 Å². The molecule has 0 aliphatic carbocycles. The van der Waals surface area contributed by atoms with E-state index in [1.165, 1.54) is 27.8 Å². The maximum Gasteiger partial charge on any atom is 2.00 e. The van der Waals surface area contributed by atoms with Crippen LogP contribution in [0, 0.1) is 19.1 Å². The number of pyridine rings is 1. The van der Waals surface area contributed by atoms with Gasteiger partial charge in [0.15, 0.2) is 0 Å². The zero-order chi connectivity index (χ0) is 35.4. The van der Waals surface area contributed by atoms with Crippen molar-refractivity contribution < 1.29 is 25.8 Å². The summed E-state index contributed by atoms with van der Waals surface area (Å²) in [7, 11) is 0. The number of aromatic nitrogens is 4. The Bertz CT molecular complexity index is 2330. The third kappa shape index (κ3) is 6.81. The maximum atomic E-state index is 6.44. The van der Waals surface area contributed by atoms with Crippen LogP contribution in [0.2, 0.25) is 0 Å². The van der Waals surface area contributed by atoms with E-state index in [1.807, 2.05) is 47.4 Å². The number of para-hydroxylation sites is 1. The third-order valence-corrected chi connectivity index (χ3v) is 9.64. The van der Waals surface area contributed by atoms with E-state index in [9.17, 15) is 0 Å². The smallest absolute Gasteiger partial charge is 0.509 e. The molecule has 0 saturated carbocycles. The Morgan fingerprint density at radius 3 is 2.10 bits per heavy atom. The summed E-state index contributed by atoms with van der Waals surface area (Å²) in [4.78, 5) is 4.71. The molecule has 0 saturated heterocycles. The fraction of sp³-hybridized carbons (Fsp3) is 0.289. The minimum atomic E-state index is 0. The average molecular weight is 854 g/mol. The van der Waals surface area contributed by atoms with E-state index in [2.05, 4.69) is 128 Å². The molecule has 4 aromatic carbocycles. The van der Waals surface area contributed by atoms with E-state index >= 15 is 0 Å². The molecule has 0 N–H and O–H groups in total. The van der Waals surface area contributed by atoms with Gasteiger partial charge in [0, 0.05) is 35.0 Å². The van der Waals surface area contributed by atoms with Gasteiger partial charge >= 0.3 is 21.1 Å². The first-order valence-electron chi connectivity index (χ1n) is 17.7. The van der Waals surface area contributed by atoms with Gasteiger partial charge < -0.3 is 9.30 Å². The van der Waals surface area contributed by atoms with Crippen LogP contribution in [0.3, 0.4) is 0 Å². The molecule has 0 fully saturated rings. The molecule has 0 amide bonds. The van der Waals surface area contributed by atoms with E-state index in [0.29, 0.717) is 11.5 Å². The second-order valence-electron chi connectivity index (χ2n) is 15.3. The number of ether oxygens (including phenoxy) is 1. The molecule has 6 heteroatoms. The molecule has 0 bridgehead atoms. The number of nitrogens with zero attached hydrogens (tertiary/aromatic N) is 4. The van der Waals surface area contributed by atoms with Crippen molar-refractivity contribution in [3.8, 4) is 34.1 Å². The predicted molar refractivity (Wildman–Crippen MR) is 206 cm³/mol. The molecular formula is C45H46N4OPt. The van der Waals surface area contributed by atoms with Crippen molar-refractivity contribution in [3.05, 3.63) is 131 Å². The van der Waals surface area contributed by atoms with E-state index in [0.717, 1.165) is 57.3 Å². The summed E-state index contributed by atoms with van der Waals surface area (Å²) < 4.78 is 10.5. The molecule has 0 aliphatic rings. The van der Waals surface area contributed by atoms with Crippen LogP contribution in [0.5, 0.6) is 11.5 Å². The number of benzene rings is 4. The molecule has 0 radical (unpaired) electrons. The molecule has 3 heterocycles. The third-order valence-electron chi connectivity index (χ3n) is 9.64.